The molecule has 8 nitrogen and oxygen atoms in total. The van der Waals surface area contributed by atoms with Gasteiger partial charge in [0.1, 0.15) is 35.4 Å². The van der Waals surface area contributed by atoms with Crippen molar-refractivity contribution in [2.45, 2.75) is 24.6 Å². The second-order valence-electron chi connectivity index (χ2n) is 9.74. The highest BCUT2D eigenvalue weighted by atomic mass is 35.5. The lowest BCUT2D eigenvalue weighted by molar-refractivity contribution is -0.137. The lowest BCUT2D eigenvalue weighted by Crippen LogP contribution is -2.40. The average molecular weight is 589 g/mol. The quantitative estimate of drug-likeness (QED) is 0.280. The zero-order valence-corrected chi connectivity index (χ0v) is 22.0. The third kappa shape index (κ3) is 5.27. The number of rotatable bonds is 6. The molecule has 4 aromatic rings. The van der Waals surface area contributed by atoms with Gasteiger partial charge in [-0.3, -0.25) is 14.6 Å². The van der Waals surface area contributed by atoms with E-state index in [2.05, 4.69) is 15.3 Å². The molecule has 1 aliphatic rings. The predicted molar refractivity (Wildman–Crippen MR) is 141 cm³/mol. The number of aliphatic hydroxyl groups excluding tert-OH is 1. The summed E-state index contributed by atoms with van der Waals surface area (Å²) in [6.45, 7) is 1.14. The van der Waals surface area contributed by atoms with E-state index in [9.17, 15) is 32.3 Å². The Labute approximate surface area is 235 Å². The number of hydrogen-bond donors (Lipinski definition) is 3. The van der Waals surface area contributed by atoms with Gasteiger partial charge >= 0.3 is 6.18 Å². The van der Waals surface area contributed by atoms with Crippen molar-refractivity contribution >= 4 is 34.3 Å². The molecule has 3 heterocycles. The number of ether oxygens (including phenoxy) is 1. The lowest BCUT2D eigenvalue weighted by atomic mass is 9.83. The van der Waals surface area contributed by atoms with Gasteiger partial charge < -0.3 is 20.9 Å². The Hall–Kier alpha value is -4.29. The first kappa shape index (κ1) is 28.2. The molecule has 2 aromatic carbocycles. The minimum absolute atomic E-state index is 0.00740. The van der Waals surface area contributed by atoms with Crippen LogP contribution in [-0.4, -0.2) is 40.0 Å². The van der Waals surface area contributed by atoms with Crippen LogP contribution in [-0.2, 0) is 16.4 Å². The summed E-state index contributed by atoms with van der Waals surface area (Å²) >= 11 is 6.17. The number of carbonyl (C=O) groups excluding carboxylic acids is 2. The molecular weight excluding hydrogens is 568 g/mol. The Morgan fingerprint density at radius 3 is 2.56 bits per heavy atom. The van der Waals surface area contributed by atoms with Crippen molar-refractivity contribution in [2.24, 2.45) is 5.73 Å². The van der Waals surface area contributed by atoms with Crippen molar-refractivity contribution in [1.29, 1.82) is 0 Å². The second kappa shape index (κ2) is 10.3. The van der Waals surface area contributed by atoms with E-state index in [4.69, 9.17) is 22.1 Å². The minimum atomic E-state index is -4.64. The number of benzene rings is 2. The van der Waals surface area contributed by atoms with Crippen molar-refractivity contribution in [3.8, 4) is 17.0 Å². The van der Waals surface area contributed by atoms with Gasteiger partial charge in [0.05, 0.1) is 21.8 Å². The summed E-state index contributed by atoms with van der Waals surface area (Å²) in [4.78, 5) is 33.4. The number of pyridine rings is 2. The number of fused-ring (bicyclic) bond motifs is 2. The first-order valence-corrected chi connectivity index (χ1v) is 12.5. The standard InChI is InChI=1S/C28H21ClF4N4O4/c1-27(26(34)40)12-41-24-18(27)9-20(37-23(24)13-2-4-17(30)5-3-13)21(38)11-36-25(39)15-6-14-7-16(28(31,32)33)10-35-22(14)19(29)8-15/h2-10,21,38H,11-12H2,1H3,(H2,34,40)(H,36,39)/t21?,27-/m0/s1. The molecule has 0 radical (unpaired) electrons. The smallest absolute Gasteiger partial charge is 0.417 e. The fourth-order valence-corrected chi connectivity index (χ4v) is 4.74. The SMILES string of the molecule is C[C@]1(C(N)=O)COc2c1cc(C(O)CNC(=O)c1cc(Cl)c3ncc(C(F)(F)F)cc3c1)nc2-c1ccc(F)cc1. The van der Waals surface area contributed by atoms with Crippen molar-refractivity contribution in [1.82, 2.24) is 15.3 Å². The average Bonchev–Trinajstić information content (AvgIpc) is 3.28. The van der Waals surface area contributed by atoms with Gasteiger partial charge in [-0.2, -0.15) is 13.2 Å². The fourth-order valence-electron chi connectivity index (χ4n) is 4.47. The highest BCUT2D eigenvalue weighted by Gasteiger charge is 2.44. The summed E-state index contributed by atoms with van der Waals surface area (Å²) in [6, 6.07) is 10.1. The van der Waals surface area contributed by atoms with Crippen LogP contribution >= 0.6 is 11.6 Å². The molecule has 2 amide bonds. The first-order valence-electron chi connectivity index (χ1n) is 12.1. The normalized spacial score (nSPS) is 17.1. The highest BCUT2D eigenvalue weighted by Crippen LogP contribution is 2.45. The molecule has 2 aromatic heterocycles. The third-order valence-electron chi connectivity index (χ3n) is 6.88. The second-order valence-corrected chi connectivity index (χ2v) is 10.1. The molecule has 4 N–H and O–H groups in total. The number of hydrogen-bond acceptors (Lipinski definition) is 6. The molecule has 0 spiro atoms. The van der Waals surface area contributed by atoms with Gasteiger partial charge in [-0.05, 0) is 55.5 Å². The Bertz CT molecular complexity index is 1700. The Kier molecular flexibility index (Phi) is 7.08. The van der Waals surface area contributed by atoms with Crippen LogP contribution in [0, 0.1) is 5.82 Å². The number of halogens is 5. The zero-order valence-electron chi connectivity index (χ0n) is 21.2. The maximum atomic E-state index is 13.6. The minimum Gasteiger partial charge on any atom is -0.489 e. The van der Waals surface area contributed by atoms with Crippen LogP contribution in [0.1, 0.15) is 40.2 Å². The summed E-state index contributed by atoms with van der Waals surface area (Å²) in [6.07, 6.45) is -5.38. The number of alkyl halides is 3. The van der Waals surface area contributed by atoms with Crippen molar-refractivity contribution in [3.05, 3.63) is 88.0 Å². The van der Waals surface area contributed by atoms with E-state index >= 15 is 0 Å². The molecule has 0 saturated carbocycles. The van der Waals surface area contributed by atoms with Crippen molar-refractivity contribution < 1.29 is 37.0 Å². The van der Waals surface area contributed by atoms with E-state index < -0.39 is 40.9 Å². The van der Waals surface area contributed by atoms with Gasteiger partial charge in [-0.1, -0.05) is 11.6 Å². The molecule has 1 aliphatic heterocycles. The number of aromatic nitrogens is 2. The number of carbonyl (C=O) groups is 2. The molecule has 0 aliphatic carbocycles. The summed E-state index contributed by atoms with van der Waals surface area (Å²) in [5.41, 5.74) is 4.56. The molecule has 0 saturated heterocycles. The molecule has 5 rings (SSSR count). The Morgan fingerprint density at radius 2 is 1.90 bits per heavy atom. The van der Waals surface area contributed by atoms with Crippen LogP contribution in [0.5, 0.6) is 5.75 Å². The maximum absolute atomic E-state index is 13.6. The van der Waals surface area contributed by atoms with Crippen LogP contribution in [0.4, 0.5) is 17.6 Å². The summed E-state index contributed by atoms with van der Waals surface area (Å²) in [5, 5.41) is 13.5. The van der Waals surface area contributed by atoms with Crippen LogP contribution in [0.25, 0.3) is 22.2 Å². The van der Waals surface area contributed by atoms with Gasteiger partial charge in [0.25, 0.3) is 5.91 Å². The Balaban J connectivity index is 1.44. The van der Waals surface area contributed by atoms with Crippen LogP contribution in [0.15, 0.2) is 54.7 Å². The van der Waals surface area contributed by atoms with Gasteiger partial charge in [0, 0.05) is 34.8 Å². The highest BCUT2D eigenvalue weighted by molar-refractivity contribution is 6.35. The number of primary amides is 1. The summed E-state index contributed by atoms with van der Waals surface area (Å²) < 4.78 is 58.7. The number of nitrogens with two attached hydrogens (primary N) is 1. The third-order valence-corrected chi connectivity index (χ3v) is 7.17. The molecule has 41 heavy (non-hydrogen) atoms. The van der Waals surface area contributed by atoms with E-state index in [1.807, 2.05) is 0 Å². The Morgan fingerprint density at radius 1 is 1.20 bits per heavy atom. The number of nitrogens with one attached hydrogen (secondary N) is 1. The van der Waals surface area contributed by atoms with Crippen LogP contribution < -0.4 is 15.8 Å². The van der Waals surface area contributed by atoms with Gasteiger partial charge in [0.15, 0.2) is 0 Å². The zero-order chi connectivity index (χ0) is 29.7. The van der Waals surface area contributed by atoms with E-state index in [0.29, 0.717) is 17.3 Å². The van der Waals surface area contributed by atoms with Crippen LogP contribution in [0.2, 0.25) is 5.02 Å². The van der Waals surface area contributed by atoms with Gasteiger partial charge in [0.2, 0.25) is 5.91 Å². The molecule has 0 bridgehead atoms. The first-order chi connectivity index (χ1) is 19.3. The summed E-state index contributed by atoms with van der Waals surface area (Å²) in [5.74, 6) is -1.62. The molecule has 13 heteroatoms. The largest absolute Gasteiger partial charge is 0.489 e. The van der Waals surface area contributed by atoms with Crippen molar-refractivity contribution in [2.75, 3.05) is 13.2 Å². The fraction of sp³-hybridized carbons (Fsp3) is 0.214. The van der Waals surface area contributed by atoms with E-state index in [1.165, 1.54) is 42.5 Å². The number of nitrogens with zero attached hydrogens (tertiary/aromatic N) is 2. The number of amides is 2. The van der Waals surface area contributed by atoms with Crippen molar-refractivity contribution in [3.63, 3.8) is 0 Å². The summed E-state index contributed by atoms with van der Waals surface area (Å²) in [7, 11) is 0. The van der Waals surface area contributed by atoms with E-state index in [0.717, 1.165) is 6.07 Å². The van der Waals surface area contributed by atoms with E-state index in [1.54, 1.807) is 6.92 Å². The topological polar surface area (TPSA) is 127 Å². The molecule has 212 valence electrons. The molecular formula is C28H21ClF4N4O4. The van der Waals surface area contributed by atoms with Crippen LogP contribution in [0.3, 0.4) is 0 Å². The molecule has 2 atom stereocenters. The van der Waals surface area contributed by atoms with E-state index in [-0.39, 0.29) is 51.8 Å². The van der Waals surface area contributed by atoms with Gasteiger partial charge in [-0.25, -0.2) is 9.37 Å². The molecule has 0 fully saturated rings. The molecule has 1 unspecified atom stereocenters. The lowest BCUT2D eigenvalue weighted by Gasteiger charge is -2.20. The van der Waals surface area contributed by atoms with Gasteiger partial charge in [-0.15, -0.1) is 0 Å². The number of aliphatic hydroxyl groups is 1. The predicted octanol–water partition coefficient (Wildman–Crippen LogP) is 4.71. The maximum Gasteiger partial charge on any atom is 0.417 e. The monoisotopic (exact) mass is 588 g/mol.